The Bertz CT molecular complexity index is 1150. The van der Waals surface area contributed by atoms with Gasteiger partial charge in [0.1, 0.15) is 5.82 Å². The monoisotopic (exact) mass is 508 g/mol. The molecule has 0 radical (unpaired) electrons. The van der Waals surface area contributed by atoms with Crippen LogP contribution in [0.5, 0.6) is 0 Å². The lowest BCUT2D eigenvalue weighted by Gasteiger charge is -2.52. The van der Waals surface area contributed by atoms with E-state index in [1.165, 1.54) is 29.7 Å². The zero-order valence-electron chi connectivity index (χ0n) is 20.2. The highest BCUT2D eigenvalue weighted by atomic mass is 32.2. The van der Waals surface area contributed by atoms with Crippen molar-refractivity contribution in [1.82, 2.24) is 14.2 Å². The lowest BCUT2D eigenvalue weighted by molar-refractivity contribution is -0.118. The number of nitrogens with one attached hydrogen (secondary N) is 1. The second-order valence-corrected chi connectivity index (χ2v) is 13.4. The number of carbonyl (C=O) groups excluding carboxylic acids is 1. The molecular weight excluding hydrogens is 475 g/mol. The molecule has 2 aliphatic rings. The molecule has 0 unspecified atom stereocenters. The Morgan fingerprint density at radius 1 is 1.15 bits per heavy atom. The Balaban J connectivity index is 1.33. The van der Waals surface area contributed by atoms with E-state index in [1.54, 1.807) is 16.4 Å². The number of halogens is 1. The molecule has 1 N–H and O–H groups in total. The van der Waals surface area contributed by atoms with E-state index in [9.17, 15) is 17.6 Å². The first-order chi connectivity index (χ1) is 15.9. The Kier molecular flexibility index (Phi) is 6.89. The fourth-order valence-electron chi connectivity index (χ4n) is 5.14. The normalized spacial score (nSPS) is 21.0. The molecule has 1 amide bonds. The van der Waals surface area contributed by atoms with Gasteiger partial charge in [0.05, 0.1) is 18.5 Å². The van der Waals surface area contributed by atoms with Crippen LogP contribution in [-0.4, -0.2) is 66.5 Å². The second kappa shape index (κ2) is 9.29. The highest BCUT2D eigenvalue weighted by molar-refractivity contribution is 7.88. The topological polar surface area (TPSA) is 82.6 Å². The lowest BCUT2D eigenvalue weighted by Crippen LogP contribution is -2.58. The van der Waals surface area contributed by atoms with Crippen LogP contribution in [0.3, 0.4) is 0 Å². The van der Waals surface area contributed by atoms with Crippen molar-refractivity contribution in [2.45, 2.75) is 52.0 Å². The number of likely N-dealkylation sites (tertiary alicyclic amines) is 1. The van der Waals surface area contributed by atoms with Gasteiger partial charge in [-0.3, -0.25) is 9.69 Å². The average molecular weight is 509 g/mol. The Morgan fingerprint density at radius 2 is 1.79 bits per heavy atom. The third kappa shape index (κ3) is 5.50. The molecule has 0 aliphatic carbocycles. The number of nitrogens with zero attached hydrogens (tertiary/aromatic N) is 3. The summed E-state index contributed by atoms with van der Waals surface area (Å²) in [4.78, 5) is 20.3. The van der Waals surface area contributed by atoms with Gasteiger partial charge in [0.15, 0.2) is 5.13 Å². The zero-order valence-corrected chi connectivity index (χ0v) is 21.9. The standard InChI is InChI=1S/C24H33FN4O3S2/c1-17-21(18-5-7-19(25)8-6-18)27-22(33-17)26-20(30)15-28-13-11-24(12-14-28)10-9-23(2,3)29(16-24)34(4,31)32/h5-8H,9-16H2,1-4H3,(H,26,27,30). The Morgan fingerprint density at radius 3 is 2.41 bits per heavy atom. The van der Waals surface area contributed by atoms with Gasteiger partial charge in [-0.05, 0) is 89.2 Å². The summed E-state index contributed by atoms with van der Waals surface area (Å²) in [5.74, 6) is -0.410. The number of hydrogen-bond acceptors (Lipinski definition) is 6. The SMILES string of the molecule is Cc1sc(NC(=O)CN2CCC3(CC2)CCC(C)(C)N(S(C)(=O)=O)C3)nc1-c1ccc(F)cc1. The number of amides is 1. The van der Waals surface area contributed by atoms with Crippen LogP contribution in [0.1, 0.15) is 44.4 Å². The summed E-state index contributed by atoms with van der Waals surface area (Å²) in [5, 5.41) is 3.44. The van der Waals surface area contributed by atoms with Gasteiger partial charge in [-0.15, -0.1) is 11.3 Å². The summed E-state index contributed by atoms with van der Waals surface area (Å²) in [5.41, 5.74) is 1.20. The number of hydrogen-bond donors (Lipinski definition) is 1. The Hall–Kier alpha value is -1.88. The van der Waals surface area contributed by atoms with Crippen molar-refractivity contribution >= 4 is 32.4 Å². The van der Waals surface area contributed by atoms with E-state index in [0.717, 1.165) is 54.9 Å². The number of aromatic nitrogens is 1. The fourth-order valence-corrected chi connectivity index (χ4v) is 7.49. The van der Waals surface area contributed by atoms with Crippen LogP contribution < -0.4 is 5.32 Å². The number of aryl methyl sites for hydroxylation is 1. The number of thiazole rings is 1. The molecule has 34 heavy (non-hydrogen) atoms. The number of benzene rings is 1. The van der Waals surface area contributed by atoms with Crippen LogP contribution in [0.4, 0.5) is 9.52 Å². The van der Waals surface area contributed by atoms with Crippen LogP contribution in [0.2, 0.25) is 0 Å². The average Bonchev–Trinajstić information content (AvgIpc) is 3.11. The number of piperidine rings is 2. The van der Waals surface area contributed by atoms with E-state index in [2.05, 4.69) is 15.2 Å². The molecule has 2 aromatic rings. The van der Waals surface area contributed by atoms with E-state index in [1.807, 2.05) is 20.8 Å². The van der Waals surface area contributed by atoms with Crippen LogP contribution in [-0.2, 0) is 14.8 Å². The first-order valence-corrected chi connectivity index (χ1v) is 14.3. The molecule has 2 aliphatic heterocycles. The third-order valence-corrected chi connectivity index (χ3v) is 9.58. The quantitative estimate of drug-likeness (QED) is 0.657. The van der Waals surface area contributed by atoms with Gasteiger partial charge in [-0.2, -0.15) is 4.31 Å². The predicted octanol–water partition coefficient (Wildman–Crippen LogP) is 4.11. The van der Waals surface area contributed by atoms with E-state index >= 15 is 0 Å². The maximum absolute atomic E-state index is 13.2. The van der Waals surface area contributed by atoms with Crippen LogP contribution in [0.25, 0.3) is 11.3 Å². The van der Waals surface area contributed by atoms with Crippen molar-refractivity contribution in [2.75, 3.05) is 37.8 Å². The van der Waals surface area contributed by atoms with Crippen molar-refractivity contribution in [3.63, 3.8) is 0 Å². The van der Waals surface area contributed by atoms with E-state index in [-0.39, 0.29) is 29.2 Å². The third-order valence-electron chi connectivity index (χ3n) is 7.27. The molecule has 1 aromatic carbocycles. The summed E-state index contributed by atoms with van der Waals surface area (Å²) < 4.78 is 39.7. The number of sulfonamides is 1. The first-order valence-electron chi connectivity index (χ1n) is 11.6. The minimum Gasteiger partial charge on any atom is -0.301 e. The minimum atomic E-state index is -3.27. The van der Waals surface area contributed by atoms with Crippen molar-refractivity contribution in [2.24, 2.45) is 5.41 Å². The zero-order chi connectivity index (χ0) is 24.7. The van der Waals surface area contributed by atoms with Crippen molar-refractivity contribution < 1.29 is 17.6 Å². The molecule has 0 saturated carbocycles. The molecule has 0 atom stereocenters. The molecule has 4 rings (SSSR count). The predicted molar refractivity (Wildman–Crippen MR) is 134 cm³/mol. The van der Waals surface area contributed by atoms with Gasteiger partial charge in [-0.1, -0.05) is 0 Å². The van der Waals surface area contributed by atoms with Crippen LogP contribution in [0.15, 0.2) is 24.3 Å². The summed E-state index contributed by atoms with van der Waals surface area (Å²) in [6.45, 7) is 8.31. The van der Waals surface area contributed by atoms with Crippen molar-refractivity contribution in [3.05, 3.63) is 35.0 Å². The molecule has 7 nitrogen and oxygen atoms in total. The minimum absolute atomic E-state index is 0.0119. The molecule has 10 heteroatoms. The molecule has 1 spiro atoms. The molecule has 2 saturated heterocycles. The van der Waals surface area contributed by atoms with Gasteiger partial charge < -0.3 is 5.32 Å². The summed E-state index contributed by atoms with van der Waals surface area (Å²) in [6, 6.07) is 6.17. The molecule has 3 heterocycles. The number of anilines is 1. The van der Waals surface area contributed by atoms with E-state index in [4.69, 9.17) is 0 Å². The van der Waals surface area contributed by atoms with Gasteiger partial charge in [0.25, 0.3) is 0 Å². The molecule has 0 bridgehead atoms. The van der Waals surface area contributed by atoms with Gasteiger partial charge >= 0.3 is 0 Å². The number of rotatable bonds is 5. The maximum atomic E-state index is 13.2. The lowest BCUT2D eigenvalue weighted by atomic mass is 9.69. The highest BCUT2D eigenvalue weighted by Gasteiger charge is 2.47. The molecule has 1 aromatic heterocycles. The van der Waals surface area contributed by atoms with Gasteiger partial charge in [0, 0.05) is 22.5 Å². The van der Waals surface area contributed by atoms with Gasteiger partial charge in [0.2, 0.25) is 15.9 Å². The first kappa shape index (κ1) is 25.2. The second-order valence-electron chi connectivity index (χ2n) is 10.3. The summed E-state index contributed by atoms with van der Waals surface area (Å²) in [6.07, 6.45) is 4.92. The van der Waals surface area contributed by atoms with Crippen LogP contribution in [0, 0.1) is 18.2 Å². The smallest absolute Gasteiger partial charge is 0.240 e. The van der Waals surface area contributed by atoms with E-state index in [0.29, 0.717) is 11.7 Å². The maximum Gasteiger partial charge on any atom is 0.240 e. The van der Waals surface area contributed by atoms with Crippen LogP contribution >= 0.6 is 11.3 Å². The number of carbonyl (C=O) groups is 1. The summed E-state index contributed by atoms with van der Waals surface area (Å²) in [7, 11) is -3.27. The molecule has 186 valence electrons. The summed E-state index contributed by atoms with van der Waals surface area (Å²) >= 11 is 1.41. The van der Waals surface area contributed by atoms with Gasteiger partial charge in [-0.25, -0.2) is 17.8 Å². The van der Waals surface area contributed by atoms with E-state index < -0.39 is 10.0 Å². The van der Waals surface area contributed by atoms with Crippen molar-refractivity contribution in [3.8, 4) is 11.3 Å². The molecular formula is C24H33FN4O3S2. The molecule has 2 fully saturated rings. The highest BCUT2D eigenvalue weighted by Crippen LogP contribution is 2.45. The van der Waals surface area contributed by atoms with Crippen molar-refractivity contribution in [1.29, 1.82) is 0 Å². The largest absolute Gasteiger partial charge is 0.301 e. The fraction of sp³-hybridized carbons (Fsp3) is 0.583. The Labute approximate surface area is 205 Å².